The van der Waals surface area contributed by atoms with Crippen molar-refractivity contribution >= 4 is 11.9 Å². The number of hydrogen-bond acceptors (Lipinski definition) is 6. The number of unbranched alkanes of at least 4 members (excludes halogenated alkanes) is 6. The summed E-state index contributed by atoms with van der Waals surface area (Å²) in [7, 11) is 0. The Morgan fingerprint density at radius 1 is 0.739 bits per heavy atom. The van der Waals surface area contributed by atoms with Crippen molar-refractivity contribution in [2.75, 3.05) is 0 Å². The summed E-state index contributed by atoms with van der Waals surface area (Å²) in [6.07, 6.45) is 4.95. The van der Waals surface area contributed by atoms with Crippen LogP contribution in [0.2, 0.25) is 0 Å². The monoisotopic (exact) mass is 334 g/mol. The van der Waals surface area contributed by atoms with Crippen molar-refractivity contribution in [1.82, 2.24) is 0 Å². The van der Waals surface area contributed by atoms with Crippen molar-refractivity contribution in [3.05, 3.63) is 0 Å². The molecule has 1 unspecified atom stereocenters. The van der Waals surface area contributed by atoms with E-state index < -0.39 is 24.5 Å². The van der Waals surface area contributed by atoms with Gasteiger partial charge in [0, 0.05) is 19.3 Å². The topological polar surface area (TPSA) is 124 Å². The van der Waals surface area contributed by atoms with Gasteiger partial charge in [-0.1, -0.05) is 25.7 Å². The minimum absolute atomic E-state index is 0.0348. The van der Waals surface area contributed by atoms with E-state index in [0.29, 0.717) is 25.7 Å². The summed E-state index contributed by atoms with van der Waals surface area (Å²) in [5, 5.41) is 35.4. The van der Waals surface area contributed by atoms with E-state index >= 15 is 0 Å². The Balaban J connectivity index is 3.40. The number of hydrogen-bond donors (Lipinski definition) is 4. The second-order valence-corrected chi connectivity index (χ2v) is 5.72. The second-order valence-electron chi connectivity index (χ2n) is 5.72. The minimum Gasteiger partial charge on any atom is -0.481 e. The van der Waals surface area contributed by atoms with Gasteiger partial charge in [0.15, 0.2) is 6.29 Å². The van der Waals surface area contributed by atoms with E-state index in [1.165, 1.54) is 0 Å². The molecular formula is C16H30O7. The molecule has 0 aromatic heterocycles. The Hall–Kier alpha value is -1.18. The number of ether oxygens (including phenoxy) is 1. The smallest absolute Gasteiger partial charge is 0.308 e. The first-order chi connectivity index (χ1) is 10.9. The van der Waals surface area contributed by atoms with Crippen LogP contribution in [0.3, 0.4) is 0 Å². The summed E-state index contributed by atoms with van der Waals surface area (Å²) in [6, 6.07) is 0. The highest BCUT2D eigenvalue weighted by atomic mass is 16.6. The lowest BCUT2D eigenvalue weighted by Gasteiger charge is -2.12. The first-order valence-electron chi connectivity index (χ1n) is 8.37. The lowest BCUT2D eigenvalue weighted by molar-refractivity contribution is -0.169. The van der Waals surface area contributed by atoms with Crippen LogP contribution in [0.25, 0.3) is 0 Å². The highest BCUT2D eigenvalue weighted by molar-refractivity contribution is 5.69. The number of carboxylic acids is 1. The predicted octanol–water partition coefficient (Wildman–Crippen LogP) is 1.92. The van der Waals surface area contributed by atoms with Crippen LogP contribution < -0.4 is 0 Å². The van der Waals surface area contributed by atoms with Gasteiger partial charge in [0.25, 0.3) is 0 Å². The lowest BCUT2D eigenvalue weighted by atomic mass is 10.1. The van der Waals surface area contributed by atoms with E-state index in [4.69, 9.17) is 20.1 Å². The zero-order chi connectivity index (χ0) is 17.5. The molecule has 0 amide bonds. The largest absolute Gasteiger partial charge is 0.481 e. The van der Waals surface area contributed by atoms with Crippen LogP contribution >= 0.6 is 0 Å². The van der Waals surface area contributed by atoms with E-state index in [9.17, 15) is 14.7 Å². The first kappa shape index (κ1) is 21.8. The van der Waals surface area contributed by atoms with E-state index in [1.807, 2.05) is 0 Å². The molecule has 1 atom stereocenters. The molecule has 23 heavy (non-hydrogen) atoms. The van der Waals surface area contributed by atoms with Gasteiger partial charge in [0.1, 0.15) is 0 Å². The fourth-order valence-corrected chi connectivity index (χ4v) is 2.17. The highest BCUT2D eigenvalue weighted by Crippen LogP contribution is 2.11. The fourth-order valence-electron chi connectivity index (χ4n) is 2.17. The van der Waals surface area contributed by atoms with Gasteiger partial charge in [-0.15, -0.1) is 0 Å². The van der Waals surface area contributed by atoms with Crippen molar-refractivity contribution in [2.45, 2.75) is 89.6 Å². The van der Waals surface area contributed by atoms with Crippen molar-refractivity contribution in [1.29, 1.82) is 0 Å². The molecular weight excluding hydrogens is 304 g/mol. The van der Waals surface area contributed by atoms with Gasteiger partial charge in [-0.3, -0.25) is 9.59 Å². The molecule has 0 aromatic carbocycles. The van der Waals surface area contributed by atoms with Crippen LogP contribution in [-0.4, -0.2) is 44.9 Å². The molecule has 7 heteroatoms. The Morgan fingerprint density at radius 3 is 1.83 bits per heavy atom. The van der Waals surface area contributed by atoms with Gasteiger partial charge in [0.05, 0.1) is 0 Å². The van der Waals surface area contributed by atoms with Crippen molar-refractivity contribution in [2.24, 2.45) is 0 Å². The standard InChI is InChI=1S/C16H30O7/c17-13(18)9-5-3-1-2-4-6-11-15(21)23-16(22)12-8-7-10-14(19)20/h13,15,17-18,21H,1-12H2,(H,19,20). The third-order valence-corrected chi connectivity index (χ3v) is 3.45. The highest BCUT2D eigenvalue weighted by Gasteiger charge is 2.10. The molecule has 0 heterocycles. The number of carbonyl (C=O) groups is 2. The molecule has 0 aliphatic heterocycles. The number of carbonyl (C=O) groups excluding carboxylic acids is 1. The summed E-state index contributed by atoms with van der Waals surface area (Å²) in [6.45, 7) is 0. The van der Waals surface area contributed by atoms with Crippen LogP contribution in [-0.2, 0) is 14.3 Å². The lowest BCUT2D eigenvalue weighted by Crippen LogP contribution is -2.17. The van der Waals surface area contributed by atoms with Crippen LogP contribution in [0.15, 0.2) is 0 Å². The number of aliphatic hydroxyl groups excluding tert-OH is 2. The van der Waals surface area contributed by atoms with Gasteiger partial charge in [-0.25, -0.2) is 0 Å². The molecule has 0 aliphatic carbocycles. The van der Waals surface area contributed by atoms with Crippen LogP contribution in [0.1, 0.15) is 77.0 Å². The zero-order valence-electron chi connectivity index (χ0n) is 13.7. The molecule has 4 N–H and O–H groups in total. The van der Waals surface area contributed by atoms with E-state index in [2.05, 4.69) is 0 Å². The summed E-state index contributed by atoms with van der Waals surface area (Å²) in [5.74, 6) is -1.38. The minimum atomic E-state index is -1.22. The predicted molar refractivity (Wildman–Crippen MR) is 83.4 cm³/mol. The van der Waals surface area contributed by atoms with Gasteiger partial charge < -0.3 is 25.2 Å². The van der Waals surface area contributed by atoms with Crippen molar-refractivity contribution in [3.63, 3.8) is 0 Å². The normalized spacial score (nSPS) is 12.3. The molecule has 0 spiro atoms. The van der Waals surface area contributed by atoms with Crippen molar-refractivity contribution in [3.8, 4) is 0 Å². The SMILES string of the molecule is O=C(O)CCCCC(=O)OC(O)CCCCCCCCC(O)O. The van der Waals surface area contributed by atoms with E-state index in [1.54, 1.807) is 0 Å². The number of aliphatic hydroxyl groups is 3. The average Bonchev–Trinajstić information content (AvgIpc) is 2.45. The number of esters is 1. The Labute approximate surface area is 137 Å². The zero-order valence-corrected chi connectivity index (χ0v) is 13.7. The van der Waals surface area contributed by atoms with Gasteiger partial charge in [0.2, 0.25) is 6.29 Å². The number of carboxylic acid groups (broad SMARTS) is 1. The Morgan fingerprint density at radius 2 is 1.26 bits per heavy atom. The molecule has 0 bridgehead atoms. The van der Waals surface area contributed by atoms with Crippen LogP contribution in [0.5, 0.6) is 0 Å². The maximum Gasteiger partial charge on any atom is 0.308 e. The Kier molecular flexibility index (Phi) is 13.7. The maximum atomic E-state index is 11.4. The van der Waals surface area contributed by atoms with Gasteiger partial charge >= 0.3 is 11.9 Å². The molecule has 7 nitrogen and oxygen atoms in total. The summed E-state index contributed by atoms with van der Waals surface area (Å²) in [5.41, 5.74) is 0. The molecule has 0 saturated carbocycles. The second kappa shape index (κ2) is 14.4. The van der Waals surface area contributed by atoms with Crippen LogP contribution in [0, 0.1) is 0 Å². The average molecular weight is 334 g/mol. The number of rotatable bonds is 15. The summed E-state index contributed by atoms with van der Waals surface area (Å²) >= 11 is 0. The Bertz CT molecular complexity index is 318. The van der Waals surface area contributed by atoms with Gasteiger partial charge in [-0.05, 0) is 32.1 Å². The quantitative estimate of drug-likeness (QED) is 0.205. The molecule has 0 fully saturated rings. The number of aliphatic carboxylic acids is 1. The molecule has 0 saturated heterocycles. The first-order valence-corrected chi connectivity index (χ1v) is 8.37. The van der Waals surface area contributed by atoms with Gasteiger partial charge in [-0.2, -0.15) is 0 Å². The van der Waals surface area contributed by atoms with Crippen molar-refractivity contribution < 1.29 is 34.8 Å². The molecule has 0 rings (SSSR count). The van der Waals surface area contributed by atoms with E-state index in [-0.39, 0.29) is 12.8 Å². The third-order valence-electron chi connectivity index (χ3n) is 3.45. The van der Waals surface area contributed by atoms with E-state index in [0.717, 1.165) is 38.5 Å². The third kappa shape index (κ3) is 17.0. The molecule has 0 aliphatic rings. The maximum absolute atomic E-state index is 11.4. The summed E-state index contributed by atoms with van der Waals surface area (Å²) in [4.78, 5) is 21.7. The fraction of sp³-hybridized carbons (Fsp3) is 0.875. The molecule has 0 aromatic rings. The molecule has 0 radical (unpaired) electrons. The molecule has 136 valence electrons. The van der Waals surface area contributed by atoms with Crippen LogP contribution in [0.4, 0.5) is 0 Å². The summed E-state index contributed by atoms with van der Waals surface area (Å²) < 4.78 is 4.84.